The summed E-state index contributed by atoms with van der Waals surface area (Å²) in [7, 11) is 3.25. The van der Waals surface area contributed by atoms with Gasteiger partial charge in [0.15, 0.2) is 23.0 Å². The van der Waals surface area contributed by atoms with Crippen LogP contribution in [-0.4, -0.2) is 38.4 Å². The van der Waals surface area contributed by atoms with E-state index in [1.165, 1.54) is 0 Å². The van der Waals surface area contributed by atoms with Crippen LogP contribution in [0.5, 0.6) is 23.0 Å². The Balaban J connectivity index is 1.48. The van der Waals surface area contributed by atoms with E-state index in [9.17, 15) is 4.79 Å². The van der Waals surface area contributed by atoms with Gasteiger partial charge in [0, 0.05) is 17.5 Å². The molecule has 0 fully saturated rings. The van der Waals surface area contributed by atoms with Gasteiger partial charge in [-0.2, -0.15) is 0 Å². The third-order valence-corrected chi connectivity index (χ3v) is 7.04. The van der Waals surface area contributed by atoms with E-state index in [4.69, 9.17) is 30.5 Å². The molecule has 2 aliphatic heterocycles. The van der Waals surface area contributed by atoms with Crippen molar-refractivity contribution in [1.29, 1.82) is 0 Å². The second kappa shape index (κ2) is 9.00. The Morgan fingerprint density at radius 2 is 2.00 bits per heavy atom. The highest BCUT2D eigenvalue weighted by atomic mass is 35.5. The quantitative estimate of drug-likeness (QED) is 0.459. The Hall–Kier alpha value is -3.16. The van der Waals surface area contributed by atoms with Gasteiger partial charge in [-0.3, -0.25) is 4.79 Å². The van der Waals surface area contributed by atoms with E-state index in [1.807, 2.05) is 34.5 Å². The van der Waals surface area contributed by atoms with Gasteiger partial charge in [-0.25, -0.2) is 0 Å². The second-order valence-corrected chi connectivity index (χ2v) is 9.06. The Labute approximate surface area is 200 Å². The van der Waals surface area contributed by atoms with Crippen molar-refractivity contribution < 1.29 is 23.7 Å². The molecular formula is C25H22ClNO5S. The number of rotatable bonds is 5. The van der Waals surface area contributed by atoms with E-state index in [-0.39, 0.29) is 18.7 Å². The smallest absolute Gasteiger partial charge is 0.247 e. The SMILES string of the molecule is COc1cc2c(cc1OC)C(c1cccs1)N(C(=O)/C=C/c1cc(Cl)c3c(c1)OCO3)CC2. The fourth-order valence-electron chi connectivity index (χ4n) is 4.28. The van der Waals surface area contributed by atoms with Crippen molar-refractivity contribution in [2.75, 3.05) is 27.6 Å². The maximum atomic E-state index is 13.4. The summed E-state index contributed by atoms with van der Waals surface area (Å²) in [6.45, 7) is 0.737. The summed E-state index contributed by atoms with van der Waals surface area (Å²) in [4.78, 5) is 16.4. The molecule has 33 heavy (non-hydrogen) atoms. The van der Waals surface area contributed by atoms with Crippen LogP contribution < -0.4 is 18.9 Å². The van der Waals surface area contributed by atoms with E-state index >= 15 is 0 Å². The van der Waals surface area contributed by atoms with E-state index in [0.717, 1.165) is 28.0 Å². The summed E-state index contributed by atoms with van der Waals surface area (Å²) >= 11 is 7.91. The molecule has 0 saturated heterocycles. The fraction of sp³-hybridized carbons (Fsp3) is 0.240. The van der Waals surface area contributed by atoms with Crippen molar-refractivity contribution in [3.63, 3.8) is 0 Å². The first-order valence-corrected chi connectivity index (χ1v) is 11.7. The monoisotopic (exact) mass is 483 g/mol. The standard InChI is InChI=1S/C25H22ClNO5S/c1-29-19-12-16-7-8-27(24(22-4-3-9-33-22)17(16)13-20(19)30-2)23(28)6-5-15-10-18(26)25-21(11-15)31-14-32-25/h3-6,9-13,24H,7-8,14H2,1-2H3/b6-5+. The van der Waals surface area contributed by atoms with Gasteiger partial charge in [0.05, 0.1) is 25.3 Å². The fourth-order valence-corrected chi connectivity index (χ4v) is 5.41. The van der Waals surface area contributed by atoms with Gasteiger partial charge in [0.25, 0.3) is 0 Å². The van der Waals surface area contributed by atoms with Crippen molar-refractivity contribution >= 4 is 34.9 Å². The summed E-state index contributed by atoms with van der Waals surface area (Å²) in [5.41, 5.74) is 2.98. The lowest BCUT2D eigenvalue weighted by Gasteiger charge is -2.37. The maximum Gasteiger partial charge on any atom is 0.247 e. The lowest BCUT2D eigenvalue weighted by atomic mass is 9.90. The summed E-state index contributed by atoms with van der Waals surface area (Å²) in [6, 6.07) is 11.4. The van der Waals surface area contributed by atoms with Gasteiger partial charge in [-0.05, 0) is 64.9 Å². The number of hydrogen-bond acceptors (Lipinski definition) is 6. The Morgan fingerprint density at radius 3 is 2.76 bits per heavy atom. The molecule has 0 radical (unpaired) electrons. The zero-order chi connectivity index (χ0) is 22.9. The Kier molecular flexibility index (Phi) is 5.91. The highest BCUT2D eigenvalue weighted by Gasteiger charge is 2.33. The van der Waals surface area contributed by atoms with Gasteiger partial charge in [-0.15, -0.1) is 11.3 Å². The van der Waals surface area contributed by atoms with Gasteiger partial charge < -0.3 is 23.8 Å². The van der Waals surface area contributed by atoms with Gasteiger partial charge in [0.1, 0.15) is 0 Å². The van der Waals surface area contributed by atoms with Gasteiger partial charge in [-0.1, -0.05) is 17.7 Å². The molecule has 1 aromatic heterocycles. The van der Waals surface area contributed by atoms with Gasteiger partial charge >= 0.3 is 0 Å². The molecule has 6 nitrogen and oxygen atoms in total. The zero-order valence-corrected chi connectivity index (χ0v) is 19.7. The lowest BCUT2D eigenvalue weighted by molar-refractivity contribution is -0.127. The highest BCUT2D eigenvalue weighted by Crippen LogP contribution is 2.43. The largest absolute Gasteiger partial charge is 0.493 e. The molecule has 0 aliphatic carbocycles. The van der Waals surface area contributed by atoms with Crippen LogP contribution in [0.4, 0.5) is 0 Å². The van der Waals surface area contributed by atoms with Crippen LogP contribution in [0.3, 0.4) is 0 Å². The number of methoxy groups -OCH3 is 2. The third-order valence-electron chi connectivity index (χ3n) is 5.84. The first kappa shape index (κ1) is 21.7. The number of carbonyl (C=O) groups excluding carboxylic acids is 1. The summed E-state index contributed by atoms with van der Waals surface area (Å²) in [6.07, 6.45) is 4.07. The molecule has 0 spiro atoms. The molecule has 170 valence electrons. The zero-order valence-electron chi connectivity index (χ0n) is 18.2. The molecule has 1 atom stereocenters. The van der Waals surface area contributed by atoms with Crippen molar-refractivity contribution in [2.24, 2.45) is 0 Å². The molecule has 2 aliphatic rings. The van der Waals surface area contributed by atoms with Crippen molar-refractivity contribution in [2.45, 2.75) is 12.5 Å². The molecule has 2 aromatic carbocycles. The molecular weight excluding hydrogens is 462 g/mol. The minimum atomic E-state index is -0.203. The lowest BCUT2D eigenvalue weighted by Crippen LogP contribution is -2.39. The first-order chi connectivity index (χ1) is 16.1. The number of ether oxygens (including phenoxy) is 4. The Bertz CT molecular complexity index is 1220. The Morgan fingerprint density at radius 1 is 1.18 bits per heavy atom. The maximum absolute atomic E-state index is 13.4. The third kappa shape index (κ3) is 4.03. The van der Waals surface area contributed by atoms with Crippen LogP contribution in [0.1, 0.15) is 27.6 Å². The highest BCUT2D eigenvalue weighted by molar-refractivity contribution is 7.10. The van der Waals surface area contributed by atoms with E-state index in [1.54, 1.807) is 43.8 Å². The molecule has 1 unspecified atom stereocenters. The van der Waals surface area contributed by atoms with E-state index in [0.29, 0.717) is 34.6 Å². The van der Waals surface area contributed by atoms with Crippen molar-refractivity contribution in [3.05, 3.63) is 74.4 Å². The minimum absolute atomic E-state index is 0.0809. The van der Waals surface area contributed by atoms with E-state index in [2.05, 4.69) is 6.07 Å². The minimum Gasteiger partial charge on any atom is -0.493 e. The van der Waals surface area contributed by atoms with Crippen LogP contribution in [-0.2, 0) is 11.2 Å². The van der Waals surface area contributed by atoms with Crippen LogP contribution in [0, 0.1) is 0 Å². The molecule has 1 amide bonds. The first-order valence-electron chi connectivity index (χ1n) is 10.4. The number of nitrogens with zero attached hydrogens (tertiary/aromatic N) is 1. The second-order valence-electron chi connectivity index (χ2n) is 7.68. The average molecular weight is 484 g/mol. The summed E-state index contributed by atoms with van der Waals surface area (Å²) in [5, 5.41) is 2.49. The number of carbonyl (C=O) groups is 1. The van der Waals surface area contributed by atoms with Crippen LogP contribution in [0.15, 0.2) is 47.9 Å². The topological polar surface area (TPSA) is 57.2 Å². The molecule has 0 N–H and O–H groups in total. The number of halogens is 1. The number of thiophene rings is 1. The van der Waals surface area contributed by atoms with Crippen molar-refractivity contribution in [3.8, 4) is 23.0 Å². The molecule has 8 heteroatoms. The number of fused-ring (bicyclic) bond motifs is 2. The molecule has 0 bridgehead atoms. The molecule has 3 aromatic rings. The van der Waals surface area contributed by atoms with Crippen LogP contribution in [0.2, 0.25) is 5.02 Å². The molecule has 5 rings (SSSR count). The molecule has 0 saturated carbocycles. The van der Waals surface area contributed by atoms with Crippen molar-refractivity contribution in [1.82, 2.24) is 4.90 Å². The average Bonchev–Trinajstić information content (AvgIpc) is 3.53. The predicted octanol–water partition coefficient (Wildman–Crippen LogP) is 5.33. The number of benzene rings is 2. The number of hydrogen-bond donors (Lipinski definition) is 0. The predicted molar refractivity (Wildman–Crippen MR) is 128 cm³/mol. The summed E-state index contributed by atoms with van der Waals surface area (Å²) in [5.74, 6) is 2.38. The van der Waals surface area contributed by atoms with E-state index < -0.39 is 0 Å². The van der Waals surface area contributed by atoms with Crippen LogP contribution in [0.25, 0.3) is 6.08 Å². The normalized spacial score (nSPS) is 16.7. The number of amides is 1. The summed E-state index contributed by atoms with van der Waals surface area (Å²) < 4.78 is 21.8. The molecule has 3 heterocycles. The van der Waals surface area contributed by atoms with Crippen LogP contribution >= 0.6 is 22.9 Å². The van der Waals surface area contributed by atoms with Gasteiger partial charge in [0.2, 0.25) is 12.7 Å².